The molecule has 3 aromatic rings. The first-order valence-electron chi connectivity index (χ1n) is 10.8. The van der Waals surface area contributed by atoms with Gasteiger partial charge in [0.1, 0.15) is 5.82 Å². The summed E-state index contributed by atoms with van der Waals surface area (Å²) in [5.41, 5.74) is 4.96. The van der Waals surface area contributed by atoms with Crippen LogP contribution in [0.25, 0.3) is 11.2 Å². The zero-order chi connectivity index (χ0) is 24.4. The van der Waals surface area contributed by atoms with E-state index in [-0.39, 0.29) is 23.4 Å². The van der Waals surface area contributed by atoms with Gasteiger partial charge in [-0.1, -0.05) is 39.0 Å². The number of primary amides is 1. The number of nitrogens with zero attached hydrogens (tertiary/aromatic N) is 5. The Bertz CT molecular complexity index is 1120. The molecule has 2 N–H and O–H groups in total. The summed E-state index contributed by atoms with van der Waals surface area (Å²) >= 11 is 0. The number of alkyl halides is 3. The molecule has 3 heterocycles. The normalized spacial score (nSPS) is 14.3. The van der Waals surface area contributed by atoms with Gasteiger partial charge in [-0.2, -0.15) is 13.2 Å². The topological polar surface area (TPSA) is 89.9 Å². The number of anilines is 1. The van der Waals surface area contributed by atoms with Gasteiger partial charge >= 0.3 is 6.18 Å². The molecule has 0 saturated carbocycles. The molecule has 33 heavy (non-hydrogen) atoms. The number of carbonyl (C=O) groups excluding carboxylic acids is 1. The maximum absolute atomic E-state index is 13.4. The van der Waals surface area contributed by atoms with Crippen LogP contribution in [-0.4, -0.2) is 38.5 Å². The van der Waals surface area contributed by atoms with E-state index in [9.17, 15) is 18.0 Å². The standard InChI is InChI=1S/C21H24F3N5.C2H5NO/c1-20(2,3)19-26-17(28-10-6-7-11-28)16-18(27-19)29(13-25-16)12-14-8-4-5-9-15(14)21(22,23)24;1-2(3)4/h4-5,8-9,13H,6-7,10-12H2,1-3H3;1H3,(H2,3,4). The van der Waals surface area contributed by atoms with E-state index < -0.39 is 11.7 Å². The van der Waals surface area contributed by atoms with Crippen LogP contribution >= 0.6 is 0 Å². The first kappa shape index (κ1) is 24.5. The van der Waals surface area contributed by atoms with Crippen molar-refractivity contribution in [2.24, 2.45) is 5.73 Å². The molecular weight excluding hydrogens is 433 g/mol. The van der Waals surface area contributed by atoms with E-state index in [1.165, 1.54) is 19.1 Å². The van der Waals surface area contributed by atoms with E-state index in [4.69, 9.17) is 9.97 Å². The summed E-state index contributed by atoms with van der Waals surface area (Å²) in [4.78, 5) is 25.4. The number of hydrogen-bond acceptors (Lipinski definition) is 5. The minimum absolute atomic E-state index is 0.0478. The fourth-order valence-electron chi connectivity index (χ4n) is 3.65. The number of carbonyl (C=O) groups is 1. The summed E-state index contributed by atoms with van der Waals surface area (Å²) in [7, 11) is 0. The predicted octanol–water partition coefficient (Wildman–Crippen LogP) is 4.28. The van der Waals surface area contributed by atoms with Crippen molar-refractivity contribution >= 4 is 22.9 Å². The summed E-state index contributed by atoms with van der Waals surface area (Å²) < 4.78 is 42.0. The molecule has 7 nitrogen and oxygen atoms in total. The fraction of sp³-hybridized carbons (Fsp3) is 0.478. The maximum Gasteiger partial charge on any atom is 0.416 e. The van der Waals surface area contributed by atoms with Crippen LogP contribution in [0.15, 0.2) is 30.6 Å². The third kappa shape index (κ3) is 5.80. The molecule has 1 aliphatic rings. The van der Waals surface area contributed by atoms with Gasteiger partial charge in [0.15, 0.2) is 17.0 Å². The van der Waals surface area contributed by atoms with Crippen molar-refractivity contribution < 1.29 is 18.0 Å². The molecule has 10 heteroatoms. The minimum Gasteiger partial charge on any atom is -0.370 e. The highest BCUT2D eigenvalue weighted by atomic mass is 19.4. The number of benzene rings is 1. The molecule has 1 aliphatic heterocycles. The van der Waals surface area contributed by atoms with Gasteiger partial charge in [0.2, 0.25) is 5.91 Å². The average Bonchev–Trinajstić information content (AvgIpc) is 3.36. The van der Waals surface area contributed by atoms with Gasteiger partial charge in [-0.15, -0.1) is 0 Å². The predicted molar refractivity (Wildman–Crippen MR) is 121 cm³/mol. The summed E-state index contributed by atoms with van der Waals surface area (Å²) in [5.74, 6) is 1.11. The van der Waals surface area contributed by atoms with Crippen LogP contribution in [0.2, 0.25) is 0 Å². The Hall–Kier alpha value is -3.17. The van der Waals surface area contributed by atoms with E-state index in [1.807, 2.05) is 20.8 Å². The zero-order valence-electron chi connectivity index (χ0n) is 19.3. The third-order valence-electron chi connectivity index (χ3n) is 5.19. The minimum atomic E-state index is -4.40. The van der Waals surface area contributed by atoms with E-state index in [2.05, 4.69) is 15.6 Å². The van der Waals surface area contributed by atoms with Gasteiger partial charge in [0, 0.05) is 25.4 Å². The van der Waals surface area contributed by atoms with Gasteiger partial charge < -0.3 is 15.2 Å². The lowest BCUT2D eigenvalue weighted by Crippen LogP contribution is -2.24. The number of fused-ring (bicyclic) bond motifs is 1. The van der Waals surface area contributed by atoms with Crippen LogP contribution in [0.1, 0.15) is 57.5 Å². The van der Waals surface area contributed by atoms with Crippen molar-refractivity contribution in [3.8, 4) is 0 Å². The van der Waals surface area contributed by atoms with Crippen LogP contribution in [0.5, 0.6) is 0 Å². The Morgan fingerprint density at radius 3 is 2.27 bits per heavy atom. The van der Waals surface area contributed by atoms with Crippen molar-refractivity contribution in [2.45, 2.75) is 58.7 Å². The molecule has 1 saturated heterocycles. The Morgan fingerprint density at radius 2 is 1.70 bits per heavy atom. The molecule has 1 fully saturated rings. The first-order chi connectivity index (χ1) is 15.4. The van der Waals surface area contributed by atoms with Crippen molar-refractivity contribution in [1.29, 1.82) is 0 Å². The van der Waals surface area contributed by atoms with Crippen molar-refractivity contribution in [2.75, 3.05) is 18.0 Å². The van der Waals surface area contributed by atoms with Gasteiger partial charge in [-0.25, -0.2) is 15.0 Å². The largest absolute Gasteiger partial charge is 0.416 e. The number of nitrogens with two attached hydrogens (primary N) is 1. The number of imidazole rings is 1. The highest BCUT2D eigenvalue weighted by Gasteiger charge is 2.33. The fourth-order valence-corrected chi connectivity index (χ4v) is 3.65. The molecule has 0 aliphatic carbocycles. The lowest BCUT2D eigenvalue weighted by atomic mass is 9.96. The lowest BCUT2D eigenvalue weighted by Gasteiger charge is -2.22. The Morgan fingerprint density at radius 1 is 1.09 bits per heavy atom. The highest BCUT2D eigenvalue weighted by molar-refractivity contribution is 5.84. The third-order valence-corrected chi connectivity index (χ3v) is 5.19. The molecule has 0 atom stereocenters. The number of aromatic nitrogens is 4. The van der Waals surface area contributed by atoms with Gasteiger partial charge in [0.25, 0.3) is 0 Å². The van der Waals surface area contributed by atoms with Crippen LogP contribution in [0.3, 0.4) is 0 Å². The summed E-state index contributed by atoms with van der Waals surface area (Å²) in [6.45, 7) is 9.25. The Balaban J connectivity index is 0.000000709. The smallest absolute Gasteiger partial charge is 0.370 e. The van der Waals surface area contributed by atoms with Gasteiger partial charge in [-0.05, 0) is 24.5 Å². The second-order valence-corrected chi connectivity index (χ2v) is 9.13. The van der Waals surface area contributed by atoms with E-state index in [0.717, 1.165) is 37.8 Å². The van der Waals surface area contributed by atoms with Gasteiger partial charge in [0.05, 0.1) is 18.4 Å². The van der Waals surface area contributed by atoms with E-state index in [1.54, 1.807) is 17.0 Å². The Labute approximate surface area is 190 Å². The number of amides is 1. The monoisotopic (exact) mass is 462 g/mol. The maximum atomic E-state index is 13.4. The van der Waals surface area contributed by atoms with Crippen LogP contribution in [-0.2, 0) is 22.9 Å². The van der Waals surface area contributed by atoms with Crippen LogP contribution < -0.4 is 10.6 Å². The van der Waals surface area contributed by atoms with E-state index >= 15 is 0 Å². The number of hydrogen-bond donors (Lipinski definition) is 1. The molecule has 178 valence electrons. The SMILES string of the molecule is CC(C)(C)c1nc(N2CCCC2)c2ncn(Cc3ccccc3C(F)(F)F)c2n1.CC(N)=O. The second-order valence-electron chi connectivity index (χ2n) is 9.13. The number of rotatable bonds is 3. The highest BCUT2D eigenvalue weighted by Crippen LogP contribution is 2.33. The van der Waals surface area contributed by atoms with Gasteiger partial charge in [-0.3, -0.25) is 4.79 Å². The zero-order valence-corrected chi connectivity index (χ0v) is 19.3. The molecule has 4 rings (SSSR count). The molecular formula is C23H29F3N6O. The molecule has 2 aromatic heterocycles. The van der Waals surface area contributed by atoms with Crippen molar-refractivity contribution in [3.63, 3.8) is 0 Å². The summed E-state index contributed by atoms with van der Waals surface area (Å²) in [6.07, 6.45) is -0.649. The van der Waals surface area contributed by atoms with Crippen LogP contribution in [0.4, 0.5) is 19.0 Å². The van der Waals surface area contributed by atoms with Crippen molar-refractivity contribution in [3.05, 3.63) is 47.5 Å². The molecule has 0 radical (unpaired) electrons. The first-order valence-corrected chi connectivity index (χ1v) is 10.8. The lowest BCUT2D eigenvalue weighted by molar-refractivity contribution is -0.138. The Kier molecular flexibility index (Phi) is 6.94. The molecule has 0 spiro atoms. The second kappa shape index (κ2) is 9.36. The molecule has 1 amide bonds. The molecule has 0 bridgehead atoms. The van der Waals surface area contributed by atoms with E-state index in [0.29, 0.717) is 17.0 Å². The molecule has 1 aromatic carbocycles. The molecule has 0 unspecified atom stereocenters. The summed E-state index contributed by atoms with van der Waals surface area (Å²) in [5, 5.41) is 0. The van der Waals surface area contributed by atoms with Crippen LogP contribution in [0, 0.1) is 0 Å². The average molecular weight is 463 g/mol. The summed E-state index contributed by atoms with van der Waals surface area (Å²) in [6, 6.07) is 5.64. The van der Waals surface area contributed by atoms with Crippen molar-refractivity contribution in [1.82, 2.24) is 19.5 Å². The quantitative estimate of drug-likeness (QED) is 0.627. The number of halogens is 3.